The number of hydrogen-bond donors (Lipinski definition) is 0. The van der Waals surface area contributed by atoms with Crippen molar-refractivity contribution in [2.75, 3.05) is 7.11 Å². The molecule has 0 heterocycles. The highest BCUT2D eigenvalue weighted by Gasteiger charge is 2.49. The SMILES string of the molecule is C=CCC1(CC23CCC(CC2)C3)C=C(OC)C(OC(C)=O)=CC1. The third kappa shape index (κ3) is 3.24. The lowest BCUT2D eigenvalue weighted by Gasteiger charge is -2.40. The van der Waals surface area contributed by atoms with Gasteiger partial charge in [-0.15, -0.1) is 6.58 Å². The predicted octanol–water partition coefficient (Wildman–Crippen LogP) is 4.90. The van der Waals surface area contributed by atoms with Crippen LogP contribution in [0.5, 0.6) is 0 Å². The first-order valence-corrected chi connectivity index (χ1v) is 8.77. The average Bonchev–Trinajstić information content (AvgIpc) is 3.09. The number of allylic oxidation sites excluding steroid dienone is 3. The summed E-state index contributed by atoms with van der Waals surface area (Å²) in [7, 11) is 1.65. The van der Waals surface area contributed by atoms with Crippen LogP contribution in [0.3, 0.4) is 0 Å². The van der Waals surface area contributed by atoms with Crippen molar-refractivity contribution in [2.24, 2.45) is 16.7 Å². The van der Waals surface area contributed by atoms with Crippen molar-refractivity contribution >= 4 is 5.97 Å². The minimum atomic E-state index is -0.302. The van der Waals surface area contributed by atoms with E-state index in [1.54, 1.807) is 7.11 Å². The molecule has 3 aliphatic rings. The summed E-state index contributed by atoms with van der Waals surface area (Å²) in [5, 5.41) is 0. The van der Waals surface area contributed by atoms with Gasteiger partial charge in [-0.05, 0) is 80.3 Å². The molecule has 3 aliphatic carbocycles. The van der Waals surface area contributed by atoms with Gasteiger partial charge in [0, 0.05) is 6.92 Å². The normalized spacial score (nSPS) is 35.5. The van der Waals surface area contributed by atoms with Crippen LogP contribution in [0.2, 0.25) is 0 Å². The maximum absolute atomic E-state index is 11.3. The molecule has 0 aromatic rings. The van der Waals surface area contributed by atoms with Crippen LogP contribution in [0.25, 0.3) is 0 Å². The third-order valence-electron chi connectivity index (χ3n) is 6.01. The largest absolute Gasteiger partial charge is 0.493 e. The Morgan fingerprint density at radius 2 is 2.13 bits per heavy atom. The highest BCUT2D eigenvalue weighted by Crippen LogP contribution is 2.60. The summed E-state index contributed by atoms with van der Waals surface area (Å²) in [5.41, 5.74) is 0.561. The van der Waals surface area contributed by atoms with Crippen molar-refractivity contribution in [3.8, 4) is 0 Å². The van der Waals surface area contributed by atoms with Crippen LogP contribution >= 0.6 is 0 Å². The summed E-state index contributed by atoms with van der Waals surface area (Å²) in [5.74, 6) is 1.91. The van der Waals surface area contributed by atoms with Crippen molar-refractivity contribution in [1.29, 1.82) is 0 Å². The smallest absolute Gasteiger partial charge is 0.308 e. The van der Waals surface area contributed by atoms with Gasteiger partial charge >= 0.3 is 5.97 Å². The zero-order chi connectivity index (χ0) is 16.5. The van der Waals surface area contributed by atoms with Gasteiger partial charge in [0.25, 0.3) is 0 Å². The first kappa shape index (κ1) is 16.4. The number of esters is 1. The Kier molecular flexibility index (Phi) is 4.39. The quantitative estimate of drug-likeness (QED) is 0.516. The fourth-order valence-electron chi connectivity index (χ4n) is 5.14. The predicted molar refractivity (Wildman–Crippen MR) is 90.4 cm³/mol. The molecule has 23 heavy (non-hydrogen) atoms. The Bertz CT molecular complexity index is 549. The summed E-state index contributed by atoms with van der Waals surface area (Å²) in [4.78, 5) is 11.3. The van der Waals surface area contributed by atoms with E-state index in [2.05, 4.69) is 12.7 Å². The molecule has 0 aromatic heterocycles. The Labute approximate surface area is 139 Å². The molecule has 0 saturated heterocycles. The second-order valence-corrected chi connectivity index (χ2v) is 7.76. The molecular weight excluding hydrogens is 288 g/mol. The van der Waals surface area contributed by atoms with Crippen molar-refractivity contribution in [3.05, 3.63) is 36.3 Å². The molecule has 126 valence electrons. The summed E-state index contributed by atoms with van der Waals surface area (Å²) < 4.78 is 10.8. The molecule has 3 rings (SSSR count). The number of methoxy groups -OCH3 is 1. The number of ether oxygens (including phenoxy) is 2. The van der Waals surface area contributed by atoms with E-state index in [0.29, 0.717) is 16.9 Å². The second-order valence-electron chi connectivity index (χ2n) is 7.76. The average molecular weight is 316 g/mol. The molecule has 1 atom stereocenters. The Hall–Kier alpha value is -1.51. The second kappa shape index (κ2) is 6.18. The molecular formula is C20H28O3. The van der Waals surface area contributed by atoms with Crippen LogP contribution in [-0.4, -0.2) is 13.1 Å². The fourth-order valence-corrected chi connectivity index (χ4v) is 5.14. The van der Waals surface area contributed by atoms with E-state index in [4.69, 9.17) is 9.47 Å². The summed E-state index contributed by atoms with van der Waals surface area (Å²) in [6.07, 6.45) is 16.2. The van der Waals surface area contributed by atoms with Gasteiger partial charge in [0.15, 0.2) is 11.5 Å². The molecule has 0 amide bonds. The van der Waals surface area contributed by atoms with E-state index in [1.807, 2.05) is 12.2 Å². The van der Waals surface area contributed by atoms with Gasteiger partial charge in [-0.2, -0.15) is 0 Å². The highest BCUT2D eigenvalue weighted by atomic mass is 16.6. The van der Waals surface area contributed by atoms with E-state index >= 15 is 0 Å². The monoisotopic (exact) mass is 316 g/mol. The molecule has 3 nitrogen and oxygen atoms in total. The molecule has 2 fully saturated rings. The summed E-state index contributed by atoms with van der Waals surface area (Å²) >= 11 is 0. The van der Waals surface area contributed by atoms with Crippen molar-refractivity contribution in [3.63, 3.8) is 0 Å². The summed E-state index contributed by atoms with van der Waals surface area (Å²) in [6, 6.07) is 0. The van der Waals surface area contributed by atoms with E-state index in [0.717, 1.165) is 18.8 Å². The molecule has 0 spiro atoms. The molecule has 0 aromatic carbocycles. The number of hydrogen-bond acceptors (Lipinski definition) is 3. The lowest BCUT2D eigenvalue weighted by molar-refractivity contribution is -0.137. The number of fused-ring (bicyclic) bond motifs is 2. The van der Waals surface area contributed by atoms with Gasteiger partial charge in [0.2, 0.25) is 0 Å². The molecule has 3 heteroatoms. The standard InChI is InChI=1S/C20H28O3/c1-4-8-19(14-20-9-5-16(12-20)6-10-20)11-7-17(23-15(2)21)18(13-19)22-3/h4,7,13,16H,1,5-6,8-12,14H2,2-3H3. The van der Waals surface area contributed by atoms with Gasteiger partial charge in [0.1, 0.15) is 0 Å². The third-order valence-corrected chi connectivity index (χ3v) is 6.01. The molecule has 0 aliphatic heterocycles. The van der Waals surface area contributed by atoms with Gasteiger partial charge in [0.05, 0.1) is 7.11 Å². The van der Waals surface area contributed by atoms with Gasteiger partial charge < -0.3 is 9.47 Å². The Balaban J connectivity index is 1.84. The fraction of sp³-hybridized carbons (Fsp3) is 0.650. The van der Waals surface area contributed by atoms with E-state index in [-0.39, 0.29) is 11.4 Å². The van der Waals surface area contributed by atoms with Crippen LogP contribution in [0, 0.1) is 16.7 Å². The Morgan fingerprint density at radius 1 is 1.39 bits per heavy atom. The van der Waals surface area contributed by atoms with Gasteiger partial charge in [-0.25, -0.2) is 0 Å². The molecule has 2 bridgehead atoms. The molecule has 0 radical (unpaired) electrons. The number of carbonyl (C=O) groups excluding carboxylic acids is 1. The van der Waals surface area contributed by atoms with Crippen LogP contribution in [-0.2, 0) is 14.3 Å². The maximum atomic E-state index is 11.3. The Morgan fingerprint density at radius 3 is 2.65 bits per heavy atom. The van der Waals surface area contributed by atoms with Crippen LogP contribution in [0.15, 0.2) is 36.3 Å². The molecule has 2 saturated carbocycles. The minimum absolute atomic E-state index is 0.0516. The summed E-state index contributed by atoms with van der Waals surface area (Å²) in [6.45, 7) is 5.40. The van der Waals surface area contributed by atoms with Crippen LogP contribution in [0.1, 0.15) is 58.3 Å². The topological polar surface area (TPSA) is 35.5 Å². The van der Waals surface area contributed by atoms with E-state index < -0.39 is 0 Å². The highest BCUT2D eigenvalue weighted by molar-refractivity contribution is 5.68. The van der Waals surface area contributed by atoms with Crippen molar-refractivity contribution in [1.82, 2.24) is 0 Å². The van der Waals surface area contributed by atoms with Crippen LogP contribution < -0.4 is 0 Å². The minimum Gasteiger partial charge on any atom is -0.493 e. The maximum Gasteiger partial charge on any atom is 0.308 e. The van der Waals surface area contributed by atoms with E-state index in [1.165, 1.54) is 45.4 Å². The number of carbonyl (C=O) groups is 1. The van der Waals surface area contributed by atoms with E-state index in [9.17, 15) is 4.79 Å². The zero-order valence-electron chi connectivity index (χ0n) is 14.4. The first-order valence-electron chi connectivity index (χ1n) is 8.77. The lowest BCUT2D eigenvalue weighted by atomic mass is 9.65. The zero-order valence-corrected chi connectivity index (χ0v) is 14.4. The van der Waals surface area contributed by atoms with Crippen LogP contribution in [0.4, 0.5) is 0 Å². The van der Waals surface area contributed by atoms with Crippen molar-refractivity contribution in [2.45, 2.75) is 58.3 Å². The lowest BCUT2D eigenvalue weighted by Crippen LogP contribution is -2.30. The van der Waals surface area contributed by atoms with Crippen molar-refractivity contribution < 1.29 is 14.3 Å². The molecule has 1 unspecified atom stereocenters. The first-order chi connectivity index (χ1) is 11.0. The molecule has 0 N–H and O–H groups in total. The van der Waals surface area contributed by atoms with Gasteiger partial charge in [-0.1, -0.05) is 6.08 Å². The van der Waals surface area contributed by atoms with Gasteiger partial charge in [-0.3, -0.25) is 4.79 Å². The number of rotatable bonds is 6.